The third-order valence-electron chi connectivity index (χ3n) is 6.32. The summed E-state index contributed by atoms with van der Waals surface area (Å²) in [6, 6.07) is 17.2. The minimum atomic E-state index is -0.267. The molecule has 3 aromatic heterocycles. The van der Waals surface area contributed by atoms with Gasteiger partial charge in [-0.15, -0.1) is 23.1 Å². The van der Waals surface area contributed by atoms with Gasteiger partial charge in [0.05, 0.1) is 22.4 Å². The van der Waals surface area contributed by atoms with Crippen molar-refractivity contribution in [3.05, 3.63) is 77.6 Å². The molecule has 11 heteroatoms. The second-order valence-electron chi connectivity index (χ2n) is 9.08. The fraction of sp³-hybridized carbons (Fsp3) is 0.207. The van der Waals surface area contributed by atoms with Gasteiger partial charge in [-0.25, -0.2) is 14.8 Å². The number of rotatable bonds is 8. The molecule has 0 atom stereocenters. The Labute approximate surface area is 243 Å². The summed E-state index contributed by atoms with van der Waals surface area (Å²) in [5, 5.41) is 4.25. The zero-order valence-corrected chi connectivity index (χ0v) is 24.1. The van der Waals surface area contributed by atoms with E-state index in [0.717, 1.165) is 44.3 Å². The maximum absolute atomic E-state index is 13.3. The molecule has 2 amide bonds. The smallest absolute Gasteiger partial charge is 0.328 e. The zero-order chi connectivity index (χ0) is 27.5. The number of carbonyl (C=O) groups excluding carboxylic acids is 2. The number of nitrogens with one attached hydrogen (secondary N) is 1. The van der Waals surface area contributed by atoms with Crippen LogP contribution in [-0.4, -0.2) is 45.7 Å². The highest BCUT2D eigenvalue weighted by molar-refractivity contribution is 7.99. The van der Waals surface area contributed by atoms with Crippen LogP contribution in [0.3, 0.4) is 0 Å². The monoisotopic (exact) mass is 587 g/mol. The number of ether oxygens (including phenoxy) is 1. The molecule has 0 saturated carbocycles. The number of fused-ring (bicyclic) bond motifs is 2. The first-order valence-electron chi connectivity index (χ1n) is 12.8. The Kier molecular flexibility index (Phi) is 7.76. The molecule has 0 fully saturated rings. The Bertz CT molecular complexity index is 1650. The topological polar surface area (TPSA) is 97.3 Å². The van der Waals surface area contributed by atoms with E-state index in [1.165, 1.54) is 27.6 Å². The van der Waals surface area contributed by atoms with Crippen molar-refractivity contribution < 1.29 is 14.3 Å². The SMILES string of the molecule is CC(=O)c1nc(-c2ccc3c(c2)N(C(=O)Nc2nc4ccccc4s2)CCO3)sc1CCCSc1ccncc1. The molecular formula is C29H25N5O3S3. The number of aryl methyl sites for hydroxylation is 1. The van der Waals surface area contributed by atoms with E-state index in [1.54, 1.807) is 36.0 Å². The van der Waals surface area contributed by atoms with Crippen LogP contribution >= 0.6 is 34.4 Å². The number of Topliss-reactive ketones (excluding diaryl/α,β-unsaturated/α-hetero) is 1. The van der Waals surface area contributed by atoms with E-state index in [9.17, 15) is 9.59 Å². The van der Waals surface area contributed by atoms with Gasteiger partial charge in [-0.05, 0) is 61.1 Å². The number of hydrogen-bond donors (Lipinski definition) is 1. The van der Waals surface area contributed by atoms with Crippen molar-refractivity contribution in [2.24, 2.45) is 0 Å². The highest BCUT2D eigenvalue weighted by Gasteiger charge is 2.26. The first-order valence-corrected chi connectivity index (χ1v) is 15.4. The number of aromatic nitrogens is 3. The second-order valence-corrected chi connectivity index (χ2v) is 12.4. The molecular weight excluding hydrogens is 563 g/mol. The van der Waals surface area contributed by atoms with Gasteiger partial charge in [0.15, 0.2) is 10.9 Å². The van der Waals surface area contributed by atoms with E-state index in [-0.39, 0.29) is 11.8 Å². The fourth-order valence-electron chi connectivity index (χ4n) is 4.42. The molecule has 202 valence electrons. The average Bonchev–Trinajstić information content (AvgIpc) is 3.59. The summed E-state index contributed by atoms with van der Waals surface area (Å²) in [7, 11) is 0. The lowest BCUT2D eigenvalue weighted by Crippen LogP contribution is -2.40. The summed E-state index contributed by atoms with van der Waals surface area (Å²) in [6.07, 6.45) is 5.28. The van der Waals surface area contributed by atoms with Crippen LogP contribution < -0.4 is 15.0 Å². The number of thioether (sulfide) groups is 1. The molecule has 1 aliphatic rings. The van der Waals surface area contributed by atoms with Gasteiger partial charge in [0.25, 0.3) is 0 Å². The lowest BCUT2D eigenvalue weighted by atomic mass is 10.1. The van der Waals surface area contributed by atoms with Crippen molar-refractivity contribution >= 4 is 67.3 Å². The van der Waals surface area contributed by atoms with Gasteiger partial charge < -0.3 is 4.74 Å². The van der Waals surface area contributed by atoms with E-state index in [4.69, 9.17) is 9.72 Å². The molecule has 4 heterocycles. The number of amides is 2. The molecule has 0 aliphatic carbocycles. The minimum absolute atomic E-state index is 0.0441. The lowest BCUT2D eigenvalue weighted by Gasteiger charge is -2.29. The molecule has 0 radical (unpaired) electrons. The molecule has 5 aromatic rings. The summed E-state index contributed by atoms with van der Waals surface area (Å²) in [5.41, 5.74) is 2.88. The van der Waals surface area contributed by atoms with Crippen molar-refractivity contribution in [3.8, 4) is 16.3 Å². The fourth-order valence-corrected chi connectivity index (χ4v) is 7.26. The number of para-hydroxylation sites is 1. The second kappa shape index (κ2) is 11.7. The molecule has 0 bridgehead atoms. The molecule has 2 aromatic carbocycles. The molecule has 1 aliphatic heterocycles. The minimum Gasteiger partial charge on any atom is -0.490 e. The number of thiazole rings is 2. The third-order valence-corrected chi connectivity index (χ3v) is 9.53. The first-order chi connectivity index (χ1) is 19.5. The van der Waals surface area contributed by atoms with Crippen LogP contribution in [0.25, 0.3) is 20.8 Å². The van der Waals surface area contributed by atoms with Gasteiger partial charge in [0.1, 0.15) is 23.1 Å². The van der Waals surface area contributed by atoms with Gasteiger partial charge in [-0.3, -0.25) is 20.0 Å². The molecule has 1 N–H and O–H groups in total. The zero-order valence-electron chi connectivity index (χ0n) is 21.6. The summed E-state index contributed by atoms with van der Waals surface area (Å²) in [6.45, 7) is 2.36. The van der Waals surface area contributed by atoms with Gasteiger partial charge in [0, 0.05) is 34.7 Å². The van der Waals surface area contributed by atoms with Crippen LogP contribution in [0.15, 0.2) is 71.9 Å². The average molecular weight is 588 g/mol. The predicted octanol–water partition coefficient (Wildman–Crippen LogP) is 7.17. The summed E-state index contributed by atoms with van der Waals surface area (Å²) in [4.78, 5) is 42.9. The van der Waals surface area contributed by atoms with Crippen LogP contribution in [0, 0.1) is 0 Å². The van der Waals surface area contributed by atoms with Crippen LogP contribution in [0.1, 0.15) is 28.7 Å². The number of anilines is 2. The van der Waals surface area contributed by atoms with Crippen molar-refractivity contribution in [1.82, 2.24) is 15.0 Å². The summed E-state index contributed by atoms with van der Waals surface area (Å²) < 4.78 is 6.86. The molecule has 6 rings (SSSR count). The number of benzene rings is 2. The summed E-state index contributed by atoms with van der Waals surface area (Å²) in [5.74, 6) is 1.52. The van der Waals surface area contributed by atoms with E-state index in [0.29, 0.717) is 35.4 Å². The van der Waals surface area contributed by atoms with Gasteiger partial charge in [0.2, 0.25) is 0 Å². The predicted molar refractivity (Wildman–Crippen MR) is 162 cm³/mol. The van der Waals surface area contributed by atoms with Crippen LogP contribution in [-0.2, 0) is 6.42 Å². The maximum atomic E-state index is 13.3. The highest BCUT2D eigenvalue weighted by Crippen LogP contribution is 2.38. The van der Waals surface area contributed by atoms with Crippen LogP contribution in [0.2, 0.25) is 0 Å². The third kappa shape index (κ3) is 5.72. The Morgan fingerprint density at radius 2 is 1.93 bits per heavy atom. The Morgan fingerprint density at radius 1 is 1.07 bits per heavy atom. The normalized spacial score (nSPS) is 12.7. The van der Waals surface area contributed by atoms with E-state index >= 15 is 0 Å². The Hall–Kier alpha value is -3.80. The standard InChI is InChI=1S/C29H25N5O3S3/c1-18(35)26-25(7-4-16-38-20-10-12-30-13-11-20)39-27(32-26)19-8-9-23-22(17-19)34(14-15-37-23)29(36)33-28-31-21-5-2-3-6-24(21)40-28/h2-3,5-6,8-13,17H,4,7,14-16H2,1H3,(H,31,33,36). The van der Waals surface area contributed by atoms with E-state index < -0.39 is 0 Å². The van der Waals surface area contributed by atoms with Gasteiger partial charge in [-0.1, -0.05) is 23.5 Å². The maximum Gasteiger partial charge on any atom is 0.328 e. The molecule has 0 saturated heterocycles. The van der Waals surface area contributed by atoms with E-state index in [2.05, 4.69) is 15.3 Å². The van der Waals surface area contributed by atoms with Crippen molar-refractivity contribution in [2.75, 3.05) is 29.1 Å². The Balaban J connectivity index is 1.20. The van der Waals surface area contributed by atoms with Crippen LogP contribution in [0.5, 0.6) is 5.75 Å². The number of nitrogens with zero attached hydrogens (tertiary/aromatic N) is 4. The number of hydrogen-bond acceptors (Lipinski definition) is 9. The van der Waals surface area contributed by atoms with Crippen molar-refractivity contribution in [2.45, 2.75) is 24.7 Å². The van der Waals surface area contributed by atoms with Crippen LogP contribution in [0.4, 0.5) is 15.6 Å². The molecule has 0 unspecified atom stereocenters. The lowest BCUT2D eigenvalue weighted by molar-refractivity contribution is 0.101. The number of urea groups is 1. The van der Waals surface area contributed by atoms with E-state index in [1.807, 2.05) is 54.6 Å². The Morgan fingerprint density at radius 3 is 2.75 bits per heavy atom. The van der Waals surface area contributed by atoms with Crippen molar-refractivity contribution in [1.29, 1.82) is 0 Å². The highest BCUT2D eigenvalue weighted by atomic mass is 32.2. The molecule has 0 spiro atoms. The number of pyridine rings is 1. The molecule has 40 heavy (non-hydrogen) atoms. The number of ketones is 1. The summed E-state index contributed by atoms with van der Waals surface area (Å²) >= 11 is 4.75. The van der Waals surface area contributed by atoms with Gasteiger partial charge in [-0.2, -0.15) is 0 Å². The first kappa shape index (κ1) is 26.4. The van der Waals surface area contributed by atoms with Gasteiger partial charge >= 0.3 is 6.03 Å². The molecule has 8 nitrogen and oxygen atoms in total. The quantitative estimate of drug-likeness (QED) is 0.117. The number of carbonyl (C=O) groups is 2. The van der Waals surface area contributed by atoms with Crippen molar-refractivity contribution in [3.63, 3.8) is 0 Å². The largest absolute Gasteiger partial charge is 0.490 e.